The molecule has 2 aromatic carbocycles. The third-order valence-corrected chi connectivity index (χ3v) is 5.21. The van der Waals surface area contributed by atoms with Gasteiger partial charge in [-0.05, 0) is 43.3 Å². The molecule has 1 atom stereocenters. The molecule has 3 amide bonds. The summed E-state index contributed by atoms with van der Waals surface area (Å²) in [6.07, 6.45) is 0. The number of hydrogen-bond donors (Lipinski definition) is 3. The van der Waals surface area contributed by atoms with Gasteiger partial charge in [0, 0.05) is 5.69 Å². The van der Waals surface area contributed by atoms with Crippen LogP contribution in [-0.2, 0) is 14.8 Å². The molecule has 0 spiro atoms. The molecule has 2 aromatic rings. The molecule has 0 radical (unpaired) electrons. The minimum Gasteiger partial charge on any atom is -0.457 e. The van der Waals surface area contributed by atoms with E-state index in [1.165, 1.54) is 6.92 Å². The Labute approximate surface area is 150 Å². The van der Waals surface area contributed by atoms with Crippen molar-refractivity contribution in [1.82, 2.24) is 10.6 Å². The van der Waals surface area contributed by atoms with Crippen molar-refractivity contribution in [1.29, 1.82) is 0 Å². The molecule has 9 heteroatoms. The van der Waals surface area contributed by atoms with Gasteiger partial charge in [-0.25, -0.2) is 13.2 Å². The summed E-state index contributed by atoms with van der Waals surface area (Å²) in [6, 6.07) is 14.8. The first kappa shape index (κ1) is 17.7. The number of urea groups is 1. The van der Waals surface area contributed by atoms with Crippen molar-refractivity contribution in [3.63, 3.8) is 0 Å². The molecule has 0 bridgehead atoms. The first-order valence-corrected chi connectivity index (χ1v) is 9.38. The number of carbonyl (C=O) groups excluding carboxylic acids is 2. The third-order valence-electron chi connectivity index (χ3n) is 3.70. The van der Waals surface area contributed by atoms with Crippen LogP contribution in [0.3, 0.4) is 0 Å². The minimum atomic E-state index is -3.87. The van der Waals surface area contributed by atoms with Crippen LogP contribution >= 0.6 is 0 Å². The highest BCUT2D eigenvalue weighted by Gasteiger charge is 2.45. The predicted molar refractivity (Wildman–Crippen MR) is 95.4 cm³/mol. The summed E-state index contributed by atoms with van der Waals surface area (Å²) in [5.74, 6) is -0.0513. The van der Waals surface area contributed by atoms with Crippen LogP contribution in [0.2, 0.25) is 0 Å². The van der Waals surface area contributed by atoms with Crippen LogP contribution in [0, 0.1) is 0 Å². The number of hydrogen-bond acceptors (Lipinski definition) is 5. The van der Waals surface area contributed by atoms with E-state index in [1.807, 2.05) is 23.5 Å². The lowest BCUT2D eigenvalue weighted by Gasteiger charge is -2.20. The number of amides is 3. The zero-order valence-electron chi connectivity index (χ0n) is 13.9. The molecule has 1 heterocycles. The average Bonchev–Trinajstić information content (AvgIpc) is 2.81. The van der Waals surface area contributed by atoms with Crippen LogP contribution in [0.5, 0.6) is 11.5 Å². The summed E-state index contributed by atoms with van der Waals surface area (Å²) in [5.41, 5.74) is -1.20. The molecule has 3 N–H and O–H groups in total. The Hall–Kier alpha value is -3.07. The highest BCUT2D eigenvalue weighted by Crippen LogP contribution is 2.23. The summed E-state index contributed by atoms with van der Waals surface area (Å²) in [4.78, 5) is 23.0. The fourth-order valence-electron chi connectivity index (χ4n) is 2.49. The Balaban J connectivity index is 1.66. The van der Waals surface area contributed by atoms with Crippen molar-refractivity contribution >= 4 is 27.6 Å². The van der Waals surface area contributed by atoms with Crippen molar-refractivity contribution in [2.75, 3.05) is 10.5 Å². The van der Waals surface area contributed by atoms with Crippen molar-refractivity contribution in [3.05, 3.63) is 54.6 Å². The van der Waals surface area contributed by atoms with Crippen LogP contribution < -0.4 is 20.1 Å². The Morgan fingerprint density at radius 2 is 1.62 bits per heavy atom. The molecule has 3 rings (SSSR count). The molecule has 8 nitrogen and oxygen atoms in total. The highest BCUT2D eigenvalue weighted by molar-refractivity contribution is 7.92. The number of rotatable bonds is 6. The van der Waals surface area contributed by atoms with E-state index in [0.717, 1.165) is 0 Å². The molecule has 26 heavy (non-hydrogen) atoms. The van der Waals surface area contributed by atoms with Gasteiger partial charge in [0.1, 0.15) is 22.8 Å². The first-order chi connectivity index (χ1) is 12.3. The number of benzene rings is 2. The molecule has 0 aromatic heterocycles. The van der Waals surface area contributed by atoms with Crippen molar-refractivity contribution in [2.45, 2.75) is 12.5 Å². The molecule has 0 aliphatic carbocycles. The summed E-state index contributed by atoms with van der Waals surface area (Å²) < 4.78 is 32.6. The van der Waals surface area contributed by atoms with E-state index in [4.69, 9.17) is 4.74 Å². The summed E-state index contributed by atoms with van der Waals surface area (Å²) in [6.45, 7) is 1.35. The quantitative estimate of drug-likeness (QED) is 0.667. The van der Waals surface area contributed by atoms with Crippen molar-refractivity contribution < 1.29 is 22.7 Å². The number of sulfonamides is 1. The maximum atomic E-state index is 12.3. The highest BCUT2D eigenvalue weighted by atomic mass is 32.2. The molecule has 136 valence electrons. The molecule has 1 saturated heterocycles. The van der Waals surface area contributed by atoms with Crippen LogP contribution in [-0.4, -0.2) is 31.6 Å². The molecule has 1 fully saturated rings. The minimum absolute atomic E-state index is 0.318. The van der Waals surface area contributed by atoms with E-state index in [0.29, 0.717) is 17.2 Å². The first-order valence-electron chi connectivity index (χ1n) is 7.73. The number of nitrogens with one attached hydrogen (secondary N) is 3. The number of para-hydroxylation sites is 1. The van der Waals surface area contributed by atoms with Crippen molar-refractivity contribution in [2.24, 2.45) is 0 Å². The van der Waals surface area contributed by atoms with E-state index < -0.39 is 33.3 Å². The van der Waals surface area contributed by atoms with Gasteiger partial charge >= 0.3 is 6.03 Å². The molecule has 1 aliphatic rings. The predicted octanol–water partition coefficient (Wildman–Crippen LogP) is 1.82. The Bertz CT molecular complexity index is 929. The zero-order valence-corrected chi connectivity index (χ0v) is 14.7. The summed E-state index contributed by atoms with van der Waals surface area (Å²) >= 11 is 0. The van der Waals surface area contributed by atoms with E-state index in [2.05, 4.69) is 10.0 Å². The van der Waals surface area contributed by atoms with Crippen molar-refractivity contribution in [3.8, 4) is 11.5 Å². The molecule has 0 unspecified atom stereocenters. The van der Waals surface area contributed by atoms with E-state index in [9.17, 15) is 18.0 Å². The van der Waals surface area contributed by atoms with Gasteiger partial charge in [0.15, 0.2) is 0 Å². The fourth-order valence-corrected chi connectivity index (χ4v) is 4.02. The van der Waals surface area contributed by atoms with E-state index >= 15 is 0 Å². The number of anilines is 1. The van der Waals surface area contributed by atoms with E-state index in [1.54, 1.807) is 36.4 Å². The lowest BCUT2D eigenvalue weighted by atomic mass is 10.1. The maximum absolute atomic E-state index is 12.3. The molecular formula is C17H17N3O5S. The Morgan fingerprint density at radius 1 is 1.00 bits per heavy atom. The second-order valence-electron chi connectivity index (χ2n) is 6.04. The second-order valence-corrected chi connectivity index (χ2v) is 7.76. The molecule has 0 saturated carbocycles. The second kappa shape index (κ2) is 6.68. The van der Waals surface area contributed by atoms with Gasteiger partial charge in [0.05, 0.1) is 0 Å². The topological polar surface area (TPSA) is 114 Å². The lowest BCUT2D eigenvalue weighted by Crippen LogP contribution is -2.50. The fraction of sp³-hybridized carbons (Fsp3) is 0.176. The largest absolute Gasteiger partial charge is 0.457 e. The average molecular weight is 375 g/mol. The maximum Gasteiger partial charge on any atom is 0.322 e. The van der Waals surface area contributed by atoms with Gasteiger partial charge in [-0.2, -0.15) is 0 Å². The number of imide groups is 1. The van der Waals surface area contributed by atoms with Gasteiger partial charge in [-0.3, -0.25) is 14.8 Å². The molecular weight excluding hydrogens is 358 g/mol. The monoisotopic (exact) mass is 375 g/mol. The summed E-state index contributed by atoms with van der Waals surface area (Å²) in [7, 11) is -3.87. The SMILES string of the molecule is C[C@]1(CS(=O)(=O)Nc2ccc(Oc3ccccc3)cc2)NC(=O)NC1=O. The van der Waals surface area contributed by atoms with Gasteiger partial charge in [-0.1, -0.05) is 18.2 Å². The van der Waals surface area contributed by atoms with Crippen LogP contribution in [0.1, 0.15) is 6.92 Å². The molecule has 1 aliphatic heterocycles. The van der Waals surface area contributed by atoms with Gasteiger partial charge < -0.3 is 10.1 Å². The van der Waals surface area contributed by atoms with Gasteiger partial charge in [-0.15, -0.1) is 0 Å². The lowest BCUT2D eigenvalue weighted by molar-refractivity contribution is -0.122. The smallest absolute Gasteiger partial charge is 0.322 e. The van der Waals surface area contributed by atoms with Crippen LogP contribution in [0.4, 0.5) is 10.5 Å². The van der Waals surface area contributed by atoms with Crippen LogP contribution in [0.15, 0.2) is 54.6 Å². The number of carbonyl (C=O) groups is 2. The van der Waals surface area contributed by atoms with Gasteiger partial charge in [0.25, 0.3) is 5.91 Å². The van der Waals surface area contributed by atoms with Crippen LogP contribution in [0.25, 0.3) is 0 Å². The zero-order chi connectivity index (χ0) is 18.8. The Morgan fingerprint density at radius 3 is 2.19 bits per heavy atom. The number of ether oxygens (including phenoxy) is 1. The standard InChI is InChI=1S/C17H17N3O5S/c1-17(15(21)18-16(22)19-17)11-26(23,24)20-12-7-9-14(10-8-12)25-13-5-3-2-4-6-13/h2-10,20H,11H2,1H3,(H2,18,19,21,22)/t17-/m1/s1. The summed E-state index contributed by atoms with van der Waals surface area (Å²) in [5, 5.41) is 4.35. The third kappa shape index (κ3) is 4.12. The van der Waals surface area contributed by atoms with E-state index in [-0.39, 0.29) is 0 Å². The Kier molecular flexibility index (Phi) is 4.56. The van der Waals surface area contributed by atoms with Gasteiger partial charge in [0.2, 0.25) is 10.0 Å². The normalized spacial score (nSPS) is 19.6.